The van der Waals surface area contributed by atoms with Crippen molar-refractivity contribution in [3.05, 3.63) is 0 Å². The van der Waals surface area contributed by atoms with E-state index in [1.807, 2.05) is 0 Å². The van der Waals surface area contributed by atoms with Gasteiger partial charge in [-0.25, -0.2) is 0 Å². The molecule has 5 nitrogen and oxygen atoms in total. The van der Waals surface area contributed by atoms with Gasteiger partial charge in [0.2, 0.25) is 0 Å². The van der Waals surface area contributed by atoms with Crippen molar-refractivity contribution >= 4 is 18.1 Å². The Kier molecular flexibility index (Phi) is 8.52. The highest BCUT2D eigenvalue weighted by atomic mass is 28.4. The van der Waals surface area contributed by atoms with Gasteiger partial charge in [0.1, 0.15) is 0 Å². The second-order valence-electron chi connectivity index (χ2n) is 3.09. The molecule has 0 unspecified atom stereocenters. The van der Waals surface area contributed by atoms with Crippen LogP contribution in [0, 0.1) is 0 Å². The SMILES string of the molecule is CO[SiH](CCC[Si](OC)(OC)OC)OC. The molecule has 0 heterocycles. The molecule has 0 aliphatic carbocycles. The average molecular weight is 254 g/mol. The molecular formula is C8H22O5Si2. The fraction of sp³-hybridized carbons (Fsp3) is 1.00. The summed E-state index contributed by atoms with van der Waals surface area (Å²) in [6.07, 6.45) is 0.945. The summed E-state index contributed by atoms with van der Waals surface area (Å²) in [6.45, 7) is 0. The number of rotatable bonds is 9. The Balaban J connectivity index is 3.89. The Bertz CT molecular complexity index is 142. The predicted octanol–water partition coefficient (Wildman–Crippen LogP) is 0.768. The van der Waals surface area contributed by atoms with Gasteiger partial charge in [-0.3, -0.25) is 0 Å². The molecule has 0 bridgehead atoms. The molecule has 0 amide bonds. The van der Waals surface area contributed by atoms with Gasteiger partial charge in [-0.05, 0) is 12.5 Å². The molecule has 0 rings (SSSR count). The summed E-state index contributed by atoms with van der Waals surface area (Å²) in [7, 11) is 4.40. The van der Waals surface area contributed by atoms with E-state index in [0.717, 1.165) is 18.5 Å². The van der Waals surface area contributed by atoms with Crippen molar-refractivity contribution in [3.63, 3.8) is 0 Å². The Morgan fingerprint density at radius 1 is 0.867 bits per heavy atom. The van der Waals surface area contributed by atoms with Crippen LogP contribution in [0.3, 0.4) is 0 Å². The zero-order valence-electron chi connectivity index (χ0n) is 10.2. The van der Waals surface area contributed by atoms with E-state index in [4.69, 9.17) is 22.1 Å². The Morgan fingerprint density at radius 2 is 1.33 bits per heavy atom. The maximum Gasteiger partial charge on any atom is 0.500 e. The molecule has 92 valence electrons. The van der Waals surface area contributed by atoms with Crippen molar-refractivity contribution in [1.29, 1.82) is 0 Å². The smallest absolute Gasteiger partial charge is 0.400 e. The van der Waals surface area contributed by atoms with Gasteiger partial charge in [-0.15, -0.1) is 0 Å². The molecule has 0 aliphatic rings. The van der Waals surface area contributed by atoms with Gasteiger partial charge in [-0.1, -0.05) is 0 Å². The minimum Gasteiger partial charge on any atom is -0.400 e. The Hall–Kier alpha value is 0.234. The van der Waals surface area contributed by atoms with Crippen LogP contribution in [0.4, 0.5) is 0 Å². The van der Waals surface area contributed by atoms with Gasteiger partial charge in [0.15, 0.2) is 0 Å². The molecule has 0 fully saturated rings. The lowest BCUT2D eigenvalue weighted by atomic mass is 10.6. The van der Waals surface area contributed by atoms with Gasteiger partial charge in [0.25, 0.3) is 0 Å². The highest BCUT2D eigenvalue weighted by molar-refractivity contribution is 6.60. The van der Waals surface area contributed by atoms with E-state index < -0.39 is 18.1 Å². The molecule has 0 saturated carbocycles. The zero-order valence-corrected chi connectivity index (χ0v) is 12.4. The topological polar surface area (TPSA) is 46.2 Å². The van der Waals surface area contributed by atoms with Gasteiger partial charge >= 0.3 is 18.1 Å². The van der Waals surface area contributed by atoms with Crippen LogP contribution in [0.15, 0.2) is 0 Å². The van der Waals surface area contributed by atoms with Crippen LogP contribution < -0.4 is 0 Å². The molecular weight excluding hydrogens is 232 g/mol. The Morgan fingerprint density at radius 3 is 1.67 bits per heavy atom. The molecule has 0 radical (unpaired) electrons. The summed E-state index contributed by atoms with van der Waals surface area (Å²) in [5.74, 6) is 0. The third-order valence-electron chi connectivity index (χ3n) is 2.38. The predicted molar refractivity (Wildman–Crippen MR) is 62.2 cm³/mol. The molecule has 7 heteroatoms. The van der Waals surface area contributed by atoms with Gasteiger partial charge in [-0.2, -0.15) is 0 Å². The fourth-order valence-electron chi connectivity index (χ4n) is 1.37. The molecule has 15 heavy (non-hydrogen) atoms. The van der Waals surface area contributed by atoms with Gasteiger partial charge in [0, 0.05) is 41.6 Å². The van der Waals surface area contributed by atoms with Crippen molar-refractivity contribution < 1.29 is 22.1 Å². The van der Waals surface area contributed by atoms with Crippen LogP contribution in [0.2, 0.25) is 12.1 Å². The van der Waals surface area contributed by atoms with E-state index in [2.05, 4.69) is 0 Å². The lowest BCUT2D eigenvalue weighted by Crippen LogP contribution is -2.42. The largest absolute Gasteiger partial charge is 0.500 e. The van der Waals surface area contributed by atoms with Gasteiger partial charge in [0.05, 0.1) is 0 Å². The molecule has 0 spiro atoms. The summed E-state index contributed by atoms with van der Waals surface area (Å²) in [5.41, 5.74) is 0. The van der Waals surface area contributed by atoms with Crippen molar-refractivity contribution in [1.82, 2.24) is 0 Å². The zero-order chi connectivity index (χ0) is 11.7. The first kappa shape index (κ1) is 15.2. The maximum absolute atomic E-state index is 5.31. The highest BCUT2D eigenvalue weighted by Gasteiger charge is 2.37. The first-order valence-electron chi connectivity index (χ1n) is 4.89. The number of hydrogen-bond donors (Lipinski definition) is 0. The van der Waals surface area contributed by atoms with Crippen molar-refractivity contribution in [2.45, 2.75) is 18.5 Å². The minimum atomic E-state index is -2.40. The average Bonchev–Trinajstić information content (AvgIpc) is 2.31. The van der Waals surface area contributed by atoms with Crippen molar-refractivity contribution in [2.24, 2.45) is 0 Å². The van der Waals surface area contributed by atoms with E-state index in [0.29, 0.717) is 0 Å². The number of hydrogen-bond acceptors (Lipinski definition) is 5. The lowest BCUT2D eigenvalue weighted by Gasteiger charge is -2.24. The molecule has 0 aliphatic heterocycles. The van der Waals surface area contributed by atoms with Crippen LogP contribution in [-0.2, 0) is 22.1 Å². The van der Waals surface area contributed by atoms with Crippen LogP contribution in [0.25, 0.3) is 0 Å². The molecule has 0 aromatic heterocycles. The van der Waals surface area contributed by atoms with E-state index in [9.17, 15) is 0 Å². The third kappa shape index (κ3) is 5.20. The van der Waals surface area contributed by atoms with Crippen LogP contribution in [-0.4, -0.2) is 53.6 Å². The monoisotopic (exact) mass is 254 g/mol. The first-order valence-corrected chi connectivity index (χ1v) is 8.58. The summed E-state index contributed by atoms with van der Waals surface area (Å²) < 4.78 is 26.4. The standard InChI is InChI=1S/C8H22O5Si2/c1-9-14(10-2)7-6-8-15(11-3,12-4)13-5/h14H,6-8H2,1-5H3. The normalized spacial score (nSPS) is 12.4. The van der Waals surface area contributed by atoms with E-state index in [1.165, 1.54) is 0 Å². The molecule has 0 aromatic rings. The van der Waals surface area contributed by atoms with E-state index >= 15 is 0 Å². The maximum atomic E-state index is 5.31. The minimum absolute atomic E-state index is 0.798. The fourth-order valence-corrected chi connectivity index (χ4v) is 4.73. The van der Waals surface area contributed by atoms with Crippen molar-refractivity contribution in [2.75, 3.05) is 35.5 Å². The third-order valence-corrected chi connectivity index (χ3v) is 7.14. The summed E-state index contributed by atoms with van der Waals surface area (Å²) >= 11 is 0. The first-order chi connectivity index (χ1) is 7.17. The van der Waals surface area contributed by atoms with E-state index in [-0.39, 0.29) is 0 Å². The summed E-state index contributed by atoms with van der Waals surface area (Å²) in [5, 5.41) is 0. The molecule has 0 atom stereocenters. The summed E-state index contributed by atoms with van der Waals surface area (Å²) in [6, 6.07) is 1.74. The second kappa shape index (κ2) is 8.39. The Labute approximate surface area is 94.8 Å². The molecule has 0 aromatic carbocycles. The summed E-state index contributed by atoms with van der Waals surface area (Å²) in [4.78, 5) is 0. The second-order valence-corrected chi connectivity index (χ2v) is 8.56. The lowest BCUT2D eigenvalue weighted by molar-refractivity contribution is 0.123. The van der Waals surface area contributed by atoms with Crippen LogP contribution in [0.1, 0.15) is 6.42 Å². The van der Waals surface area contributed by atoms with Crippen molar-refractivity contribution in [3.8, 4) is 0 Å². The van der Waals surface area contributed by atoms with Crippen LogP contribution >= 0.6 is 0 Å². The van der Waals surface area contributed by atoms with E-state index in [1.54, 1.807) is 35.5 Å². The molecule has 0 saturated heterocycles. The molecule has 0 N–H and O–H groups in total. The van der Waals surface area contributed by atoms with Crippen LogP contribution in [0.5, 0.6) is 0 Å². The highest BCUT2D eigenvalue weighted by Crippen LogP contribution is 2.17. The van der Waals surface area contributed by atoms with Gasteiger partial charge < -0.3 is 22.1 Å². The quantitative estimate of drug-likeness (QED) is 0.569.